The minimum absolute atomic E-state index is 0.373. The Bertz CT molecular complexity index is 1130. The Morgan fingerprint density at radius 1 is 1.36 bits per heavy atom. The van der Waals surface area contributed by atoms with Crippen molar-refractivity contribution in [2.75, 3.05) is 16.8 Å². The van der Waals surface area contributed by atoms with Crippen molar-refractivity contribution in [3.05, 3.63) is 42.8 Å². The molecule has 0 bridgehead atoms. The van der Waals surface area contributed by atoms with Gasteiger partial charge in [-0.15, -0.1) is 5.10 Å². The Kier molecular flexibility index (Phi) is 3.75. The van der Waals surface area contributed by atoms with Gasteiger partial charge in [0.1, 0.15) is 17.3 Å². The van der Waals surface area contributed by atoms with Crippen molar-refractivity contribution in [3.63, 3.8) is 0 Å². The van der Waals surface area contributed by atoms with E-state index < -0.39 is 12.0 Å². The Balaban J connectivity index is 1.50. The quantitative estimate of drug-likeness (QED) is 0.483. The van der Waals surface area contributed by atoms with Crippen LogP contribution in [0.4, 0.5) is 17.6 Å². The fourth-order valence-electron chi connectivity index (χ4n) is 3.46. The molecule has 10 nitrogen and oxygen atoms in total. The second-order valence-electron chi connectivity index (χ2n) is 6.56. The Morgan fingerprint density at radius 2 is 2.29 bits per heavy atom. The van der Waals surface area contributed by atoms with Gasteiger partial charge < -0.3 is 19.7 Å². The number of nitrogens with zero attached hydrogens (tertiary/aromatic N) is 5. The number of fused-ring (bicyclic) bond motifs is 1. The average Bonchev–Trinajstić information content (AvgIpc) is 3.47. The van der Waals surface area contributed by atoms with Crippen LogP contribution in [0.1, 0.15) is 12.8 Å². The van der Waals surface area contributed by atoms with Crippen LogP contribution in [0.3, 0.4) is 0 Å². The zero-order valence-electron chi connectivity index (χ0n) is 14.7. The Morgan fingerprint density at radius 3 is 3.11 bits per heavy atom. The van der Waals surface area contributed by atoms with Crippen LogP contribution in [0.25, 0.3) is 17.0 Å². The molecule has 0 amide bonds. The van der Waals surface area contributed by atoms with E-state index in [-0.39, 0.29) is 0 Å². The van der Waals surface area contributed by atoms with Gasteiger partial charge >= 0.3 is 5.97 Å². The van der Waals surface area contributed by atoms with Gasteiger partial charge in [-0.25, -0.2) is 9.31 Å². The molecule has 10 heteroatoms. The van der Waals surface area contributed by atoms with Gasteiger partial charge in [-0.05, 0) is 37.1 Å². The number of hydrogen-bond donors (Lipinski definition) is 3. The highest BCUT2D eigenvalue weighted by atomic mass is 16.4. The molecule has 0 aliphatic carbocycles. The van der Waals surface area contributed by atoms with E-state index >= 15 is 0 Å². The van der Waals surface area contributed by atoms with Crippen LogP contribution in [0, 0.1) is 0 Å². The van der Waals surface area contributed by atoms with Crippen LogP contribution < -0.4 is 10.2 Å². The number of nitrogens with one attached hydrogen (secondary N) is 2. The molecule has 1 fully saturated rings. The van der Waals surface area contributed by atoms with Gasteiger partial charge in [0.2, 0.25) is 5.95 Å². The highest BCUT2D eigenvalue weighted by Crippen LogP contribution is 2.28. The first kappa shape index (κ1) is 16.4. The fraction of sp³-hybridized carbons (Fsp3) is 0.222. The van der Waals surface area contributed by atoms with E-state index in [4.69, 9.17) is 4.42 Å². The number of carboxylic acid groups (broad SMARTS) is 1. The molecule has 1 atom stereocenters. The lowest BCUT2D eigenvalue weighted by Gasteiger charge is -2.21. The normalized spacial score (nSPS) is 16.7. The summed E-state index contributed by atoms with van der Waals surface area (Å²) in [6, 6.07) is 8.58. The molecule has 0 aromatic carbocycles. The molecule has 4 aromatic rings. The van der Waals surface area contributed by atoms with E-state index in [1.54, 1.807) is 27.9 Å². The van der Waals surface area contributed by atoms with Gasteiger partial charge in [0, 0.05) is 18.8 Å². The lowest BCUT2D eigenvalue weighted by molar-refractivity contribution is -0.138. The average molecular weight is 379 g/mol. The van der Waals surface area contributed by atoms with E-state index in [1.807, 2.05) is 24.3 Å². The van der Waals surface area contributed by atoms with Gasteiger partial charge in [0.15, 0.2) is 17.4 Å². The number of carbonyl (C=O) groups is 1. The monoisotopic (exact) mass is 379 g/mol. The zero-order chi connectivity index (χ0) is 19.1. The molecule has 0 saturated carbocycles. The lowest BCUT2D eigenvalue weighted by Crippen LogP contribution is -2.37. The zero-order valence-corrected chi connectivity index (χ0v) is 14.7. The molecule has 28 heavy (non-hydrogen) atoms. The summed E-state index contributed by atoms with van der Waals surface area (Å²) in [6.07, 6.45) is 4.77. The minimum Gasteiger partial charge on any atom is -0.480 e. The van der Waals surface area contributed by atoms with Crippen LogP contribution in [-0.4, -0.2) is 48.5 Å². The van der Waals surface area contributed by atoms with E-state index in [0.29, 0.717) is 36.3 Å². The van der Waals surface area contributed by atoms with Gasteiger partial charge in [0.25, 0.3) is 0 Å². The smallest absolute Gasteiger partial charge is 0.326 e. The summed E-state index contributed by atoms with van der Waals surface area (Å²) < 4.78 is 7.05. The molecule has 0 spiro atoms. The fourth-order valence-corrected chi connectivity index (χ4v) is 3.46. The number of aromatic nitrogens is 5. The first-order chi connectivity index (χ1) is 13.7. The molecule has 1 saturated heterocycles. The van der Waals surface area contributed by atoms with E-state index in [2.05, 4.69) is 25.6 Å². The standard InChI is InChI=1S/C18H17N7O3/c26-17(27)13-5-1-7-24(13)18-20-16(12-4-2-8-25(12)23-18)19-15-10-11(21-22-15)14-6-3-9-28-14/h2-4,6,8-10,13H,1,5,7H2,(H,26,27)(H2,19,20,21,22,23)/t13-/m0/s1. The third-order valence-corrected chi connectivity index (χ3v) is 4.79. The lowest BCUT2D eigenvalue weighted by atomic mass is 10.2. The number of aliphatic carboxylic acids is 1. The topological polar surface area (TPSA) is 125 Å². The molecular formula is C18H17N7O3. The number of H-pyrrole nitrogens is 1. The molecule has 3 N–H and O–H groups in total. The van der Waals surface area contributed by atoms with Gasteiger partial charge in [-0.1, -0.05) is 0 Å². The van der Waals surface area contributed by atoms with Crippen molar-refractivity contribution in [3.8, 4) is 11.5 Å². The maximum Gasteiger partial charge on any atom is 0.326 e. The number of furan rings is 1. The number of carboxylic acids is 1. The molecule has 5 heterocycles. The molecular weight excluding hydrogens is 362 g/mol. The first-order valence-corrected chi connectivity index (χ1v) is 8.90. The van der Waals surface area contributed by atoms with Crippen molar-refractivity contribution in [2.45, 2.75) is 18.9 Å². The van der Waals surface area contributed by atoms with Crippen LogP contribution in [0.5, 0.6) is 0 Å². The van der Waals surface area contributed by atoms with Gasteiger partial charge in [-0.2, -0.15) is 10.1 Å². The maximum atomic E-state index is 11.5. The summed E-state index contributed by atoms with van der Waals surface area (Å²) in [7, 11) is 0. The van der Waals surface area contributed by atoms with Crippen molar-refractivity contribution in [1.82, 2.24) is 24.8 Å². The minimum atomic E-state index is -0.862. The second-order valence-corrected chi connectivity index (χ2v) is 6.56. The van der Waals surface area contributed by atoms with Crippen molar-refractivity contribution in [2.24, 2.45) is 0 Å². The molecule has 1 aliphatic heterocycles. The Labute approximate surface area is 158 Å². The summed E-state index contributed by atoms with van der Waals surface area (Å²) in [5.41, 5.74) is 1.50. The van der Waals surface area contributed by atoms with E-state index in [1.165, 1.54) is 0 Å². The predicted octanol–water partition coefficient (Wildman–Crippen LogP) is 2.51. The van der Waals surface area contributed by atoms with Crippen LogP contribution in [-0.2, 0) is 4.79 Å². The van der Waals surface area contributed by atoms with Crippen LogP contribution in [0.2, 0.25) is 0 Å². The summed E-state index contributed by atoms with van der Waals surface area (Å²) in [5.74, 6) is 1.30. The van der Waals surface area contributed by atoms with Crippen molar-refractivity contribution in [1.29, 1.82) is 0 Å². The second kappa shape index (κ2) is 6.41. The molecule has 5 rings (SSSR count). The molecule has 0 unspecified atom stereocenters. The van der Waals surface area contributed by atoms with E-state index in [0.717, 1.165) is 17.6 Å². The third-order valence-electron chi connectivity index (χ3n) is 4.79. The largest absolute Gasteiger partial charge is 0.480 e. The summed E-state index contributed by atoms with van der Waals surface area (Å²) in [5, 5.41) is 24.3. The molecule has 142 valence electrons. The van der Waals surface area contributed by atoms with Crippen molar-refractivity contribution >= 4 is 29.1 Å². The van der Waals surface area contributed by atoms with Crippen molar-refractivity contribution < 1.29 is 14.3 Å². The molecule has 0 radical (unpaired) electrons. The number of aromatic amines is 1. The molecule has 4 aromatic heterocycles. The predicted molar refractivity (Wildman–Crippen MR) is 101 cm³/mol. The van der Waals surface area contributed by atoms with Gasteiger partial charge in [-0.3, -0.25) is 5.10 Å². The summed E-state index contributed by atoms with van der Waals surface area (Å²) in [4.78, 5) is 17.9. The molecule has 1 aliphatic rings. The van der Waals surface area contributed by atoms with Gasteiger partial charge in [0.05, 0.1) is 6.26 Å². The van der Waals surface area contributed by atoms with Crippen LogP contribution in [0.15, 0.2) is 47.2 Å². The summed E-state index contributed by atoms with van der Waals surface area (Å²) >= 11 is 0. The third kappa shape index (κ3) is 2.75. The number of rotatable bonds is 5. The highest BCUT2D eigenvalue weighted by Gasteiger charge is 2.33. The first-order valence-electron chi connectivity index (χ1n) is 8.90. The SMILES string of the molecule is O=C(O)[C@@H]1CCCN1c1nc(Nc2cc(-c3ccco3)[nH]n2)c2cccn2n1. The Hall–Kier alpha value is -3.82. The highest BCUT2D eigenvalue weighted by molar-refractivity contribution is 5.79. The number of hydrogen-bond acceptors (Lipinski definition) is 7. The maximum absolute atomic E-state index is 11.5. The van der Waals surface area contributed by atoms with E-state index in [9.17, 15) is 9.90 Å². The van der Waals surface area contributed by atoms with Crippen LogP contribution >= 0.6 is 0 Å². The summed E-state index contributed by atoms with van der Waals surface area (Å²) in [6.45, 7) is 0.605. The number of anilines is 3.